The molecule has 0 radical (unpaired) electrons. The van der Waals surface area contributed by atoms with Crippen molar-refractivity contribution in [2.24, 2.45) is 5.73 Å². The van der Waals surface area contributed by atoms with Crippen LogP contribution in [0.5, 0.6) is 0 Å². The molecule has 3 N–H and O–H groups in total. The first kappa shape index (κ1) is 19.2. The summed E-state index contributed by atoms with van der Waals surface area (Å²) < 4.78 is 1.35. The van der Waals surface area contributed by atoms with Crippen LogP contribution in [0.25, 0.3) is 10.1 Å². The van der Waals surface area contributed by atoms with Gasteiger partial charge in [-0.2, -0.15) is 0 Å². The molecule has 0 saturated carbocycles. The fourth-order valence-corrected chi connectivity index (χ4v) is 4.28. The second-order valence-electron chi connectivity index (χ2n) is 6.22. The van der Waals surface area contributed by atoms with Crippen LogP contribution in [0.2, 0.25) is 0 Å². The number of hydrogen-bond donors (Lipinski definition) is 2. The summed E-state index contributed by atoms with van der Waals surface area (Å²) in [4.78, 5) is 14.2. The van der Waals surface area contributed by atoms with Gasteiger partial charge in [-0.1, -0.05) is 24.6 Å². The topological polar surface area (TPSA) is 58.4 Å². The van der Waals surface area contributed by atoms with Gasteiger partial charge in [-0.25, -0.2) is 0 Å². The lowest BCUT2D eigenvalue weighted by molar-refractivity contribution is -0.121. The predicted molar refractivity (Wildman–Crippen MR) is 104 cm³/mol. The van der Waals surface area contributed by atoms with Crippen LogP contribution < -0.4 is 11.1 Å². The molecule has 2 heterocycles. The van der Waals surface area contributed by atoms with Gasteiger partial charge in [-0.3, -0.25) is 9.69 Å². The van der Waals surface area contributed by atoms with Crippen molar-refractivity contribution in [3.05, 3.63) is 35.2 Å². The number of hydrogen-bond acceptors (Lipinski definition) is 4. The number of thiophene rings is 1. The molecule has 132 valence electrons. The van der Waals surface area contributed by atoms with Crippen molar-refractivity contribution >= 4 is 39.7 Å². The van der Waals surface area contributed by atoms with Crippen molar-refractivity contribution in [2.75, 3.05) is 19.6 Å². The molecule has 24 heavy (non-hydrogen) atoms. The van der Waals surface area contributed by atoms with Gasteiger partial charge in [0, 0.05) is 36.8 Å². The zero-order valence-corrected chi connectivity index (χ0v) is 15.5. The lowest BCUT2D eigenvalue weighted by Gasteiger charge is -2.35. The molecule has 0 bridgehead atoms. The maximum absolute atomic E-state index is 11.7. The molecule has 0 aliphatic carbocycles. The number of carbonyl (C=O) groups excluding carboxylic acids is 1. The van der Waals surface area contributed by atoms with Crippen molar-refractivity contribution in [3.8, 4) is 0 Å². The highest BCUT2D eigenvalue weighted by Crippen LogP contribution is 2.28. The SMILES string of the molecule is Cl.NCCC(=O)NCC1CCCCN1Cc1csc2ccccc12. The van der Waals surface area contributed by atoms with Crippen LogP contribution in [0.15, 0.2) is 29.6 Å². The lowest BCUT2D eigenvalue weighted by Crippen LogP contribution is -2.46. The van der Waals surface area contributed by atoms with E-state index in [1.807, 2.05) is 11.3 Å². The first-order valence-corrected chi connectivity index (χ1v) is 9.32. The highest BCUT2D eigenvalue weighted by Gasteiger charge is 2.23. The Morgan fingerprint density at radius 1 is 1.33 bits per heavy atom. The number of carbonyl (C=O) groups is 1. The molecule has 1 aliphatic rings. The number of fused-ring (bicyclic) bond motifs is 1. The Balaban J connectivity index is 0.00000208. The highest BCUT2D eigenvalue weighted by molar-refractivity contribution is 7.17. The first-order valence-electron chi connectivity index (χ1n) is 8.44. The third-order valence-corrected chi connectivity index (χ3v) is 5.60. The monoisotopic (exact) mass is 367 g/mol. The number of likely N-dealkylation sites (tertiary alicyclic amines) is 1. The van der Waals surface area contributed by atoms with E-state index in [-0.39, 0.29) is 18.3 Å². The van der Waals surface area contributed by atoms with Crippen molar-refractivity contribution < 1.29 is 4.79 Å². The minimum absolute atomic E-state index is 0. The molecule has 0 spiro atoms. The highest BCUT2D eigenvalue weighted by atomic mass is 35.5. The number of nitrogens with zero attached hydrogens (tertiary/aromatic N) is 1. The van der Waals surface area contributed by atoms with Gasteiger partial charge in [-0.05, 0) is 41.8 Å². The minimum Gasteiger partial charge on any atom is -0.354 e. The van der Waals surface area contributed by atoms with Crippen molar-refractivity contribution in [3.63, 3.8) is 0 Å². The second kappa shape index (κ2) is 9.37. The maximum atomic E-state index is 11.7. The van der Waals surface area contributed by atoms with Gasteiger partial charge < -0.3 is 11.1 Å². The van der Waals surface area contributed by atoms with Gasteiger partial charge in [0.25, 0.3) is 0 Å². The van der Waals surface area contributed by atoms with E-state index in [4.69, 9.17) is 5.73 Å². The molecule has 2 aromatic rings. The van der Waals surface area contributed by atoms with E-state index in [0.717, 1.165) is 26.1 Å². The summed E-state index contributed by atoms with van der Waals surface area (Å²) in [5.74, 6) is 0.0685. The van der Waals surface area contributed by atoms with E-state index in [0.29, 0.717) is 19.0 Å². The number of halogens is 1. The van der Waals surface area contributed by atoms with E-state index >= 15 is 0 Å². The fourth-order valence-electron chi connectivity index (χ4n) is 3.32. The predicted octanol–water partition coefficient (Wildman–Crippen LogP) is 3.14. The summed E-state index contributed by atoms with van der Waals surface area (Å²) in [6.07, 6.45) is 4.07. The van der Waals surface area contributed by atoms with Crippen LogP contribution in [0.3, 0.4) is 0 Å². The second-order valence-corrected chi connectivity index (χ2v) is 7.13. The van der Waals surface area contributed by atoms with Crippen molar-refractivity contribution in [1.82, 2.24) is 10.2 Å². The normalized spacial score (nSPS) is 18.3. The van der Waals surface area contributed by atoms with Crippen LogP contribution >= 0.6 is 23.7 Å². The smallest absolute Gasteiger partial charge is 0.221 e. The average Bonchev–Trinajstić information content (AvgIpc) is 2.98. The quantitative estimate of drug-likeness (QED) is 0.824. The van der Waals surface area contributed by atoms with Gasteiger partial charge in [0.2, 0.25) is 5.91 Å². The Kier molecular flexibility index (Phi) is 7.49. The molecule has 3 rings (SSSR count). The Morgan fingerprint density at radius 2 is 2.17 bits per heavy atom. The third kappa shape index (κ3) is 4.70. The summed E-state index contributed by atoms with van der Waals surface area (Å²) >= 11 is 1.82. The van der Waals surface area contributed by atoms with Gasteiger partial charge in [0.05, 0.1) is 0 Å². The van der Waals surface area contributed by atoms with Gasteiger partial charge in [-0.15, -0.1) is 23.7 Å². The number of rotatable bonds is 6. The van der Waals surface area contributed by atoms with Crippen molar-refractivity contribution in [2.45, 2.75) is 38.3 Å². The molecule has 1 aromatic heterocycles. The van der Waals surface area contributed by atoms with Gasteiger partial charge >= 0.3 is 0 Å². The molecular weight excluding hydrogens is 342 g/mol. The van der Waals surface area contributed by atoms with Crippen LogP contribution in [0.1, 0.15) is 31.2 Å². The molecule has 1 aromatic carbocycles. The van der Waals surface area contributed by atoms with Gasteiger partial charge in [0.15, 0.2) is 0 Å². The number of benzene rings is 1. The molecule has 1 unspecified atom stereocenters. The van der Waals surface area contributed by atoms with E-state index in [1.54, 1.807) is 0 Å². The number of amides is 1. The molecule has 1 atom stereocenters. The maximum Gasteiger partial charge on any atom is 0.221 e. The molecule has 1 saturated heterocycles. The van der Waals surface area contributed by atoms with E-state index in [2.05, 4.69) is 39.9 Å². The van der Waals surface area contributed by atoms with E-state index < -0.39 is 0 Å². The van der Waals surface area contributed by atoms with Crippen LogP contribution in [0, 0.1) is 0 Å². The van der Waals surface area contributed by atoms with Crippen LogP contribution in [0.4, 0.5) is 0 Å². The zero-order valence-electron chi connectivity index (χ0n) is 13.9. The Hall–Kier alpha value is -1.14. The van der Waals surface area contributed by atoms with E-state index in [1.165, 1.54) is 28.5 Å². The largest absolute Gasteiger partial charge is 0.354 e. The van der Waals surface area contributed by atoms with Crippen LogP contribution in [-0.2, 0) is 11.3 Å². The first-order chi connectivity index (χ1) is 11.3. The summed E-state index contributed by atoms with van der Waals surface area (Å²) in [6, 6.07) is 9.04. The Bertz CT molecular complexity index is 661. The van der Waals surface area contributed by atoms with Crippen molar-refractivity contribution in [1.29, 1.82) is 0 Å². The molecular formula is C18H26ClN3OS. The standard InChI is InChI=1S/C18H25N3OS.ClH/c19-9-8-18(22)20-11-15-5-3-4-10-21(15)12-14-13-23-17-7-2-1-6-16(14)17;/h1-2,6-7,13,15H,3-5,8-12,19H2,(H,20,22);1H. The molecule has 1 fully saturated rings. The number of piperidine rings is 1. The fraction of sp³-hybridized carbons (Fsp3) is 0.500. The molecule has 4 nitrogen and oxygen atoms in total. The van der Waals surface area contributed by atoms with E-state index in [9.17, 15) is 4.79 Å². The average molecular weight is 368 g/mol. The summed E-state index contributed by atoms with van der Waals surface area (Å²) in [5.41, 5.74) is 6.85. The molecule has 1 aliphatic heterocycles. The van der Waals surface area contributed by atoms with Crippen LogP contribution in [-0.4, -0.2) is 36.5 Å². The zero-order chi connectivity index (χ0) is 16.1. The number of nitrogens with two attached hydrogens (primary N) is 1. The Morgan fingerprint density at radius 3 is 3.00 bits per heavy atom. The summed E-state index contributed by atoms with van der Waals surface area (Å²) in [6.45, 7) is 3.24. The minimum atomic E-state index is 0. The summed E-state index contributed by atoms with van der Waals surface area (Å²) in [7, 11) is 0. The lowest BCUT2D eigenvalue weighted by atomic mass is 10.0. The molecule has 1 amide bonds. The molecule has 6 heteroatoms. The summed E-state index contributed by atoms with van der Waals surface area (Å²) in [5, 5.41) is 6.69. The third-order valence-electron chi connectivity index (χ3n) is 4.59. The number of nitrogens with one attached hydrogen (secondary N) is 1. The van der Waals surface area contributed by atoms with Gasteiger partial charge in [0.1, 0.15) is 0 Å². The Labute approximate surface area is 153 Å².